The Labute approximate surface area is 173 Å². The summed E-state index contributed by atoms with van der Waals surface area (Å²) in [5.41, 5.74) is 0.581. The summed E-state index contributed by atoms with van der Waals surface area (Å²) in [4.78, 5) is 11.5. The fraction of sp³-hybridized carbons (Fsp3) is 0.286. The minimum atomic E-state index is -0.676. The van der Waals surface area contributed by atoms with Gasteiger partial charge in [-0.25, -0.2) is 4.79 Å². The molecule has 0 bridgehead atoms. The Balaban J connectivity index is 1.37. The average molecular weight is 420 g/mol. The molecule has 0 amide bonds. The van der Waals surface area contributed by atoms with Gasteiger partial charge in [0, 0.05) is 18.5 Å². The molecule has 3 aromatic rings. The summed E-state index contributed by atoms with van der Waals surface area (Å²) in [7, 11) is 1.30. The first-order valence-corrected chi connectivity index (χ1v) is 9.45. The zero-order valence-electron chi connectivity index (χ0n) is 15.9. The van der Waals surface area contributed by atoms with E-state index in [1.54, 1.807) is 36.4 Å². The molecule has 0 radical (unpaired) electrons. The zero-order valence-corrected chi connectivity index (χ0v) is 16.6. The van der Waals surface area contributed by atoms with Crippen LogP contribution in [0.4, 0.5) is 0 Å². The van der Waals surface area contributed by atoms with Crippen molar-refractivity contribution in [2.45, 2.75) is 6.10 Å². The number of para-hydroxylation sites is 1. The maximum absolute atomic E-state index is 11.5. The van der Waals surface area contributed by atoms with Gasteiger partial charge in [0.1, 0.15) is 36.4 Å². The molecule has 3 rings (SSSR count). The number of hydrogen-bond donors (Lipinski definition) is 2. The van der Waals surface area contributed by atoms with Crippen LogP contribution in [0.3, 0.4) is 0 Å². The van der Waals surface area contributed by atoms with Gasteiger partial charge in [0.05, 0.1) is 12.1 Å². The van der Waals surface area contributed by atoms with Crippen molar-refractivity contribution in [1.29, 1.82) is 0 Å². The number of carbonyl (C=O) groups excluding carboxylic acids is 1. The van der Waals surface area contributed by atoms with Gasteiger partial charge in [-0.1, -0.05) is 23.7 Å². The third-order valence-corrected chi connectivity index (χ3v) is 4.38. The first-order valence-electron chi connectivity index (χ1n) is 9.07. The van der Waals surface area contributed by atoms with E-state index in [0.29, 0.717) is 41.8 Å². The normalized spacial score (nSPS) is 12.0. The highest BCUT2D eigenvalue weighted by Gasteiger charge is 2.13. The minimum Gasteiger partial charge on any atom is -0.492 e. The number of furan rings is 1. The molecule has 0 unspecified atom stereocenters. The summed E-state index contributed by atoms with van der Waals surface area (Å²) < 4.78 is 21.2. The van der Waals surface area contributed by atoms with Gasteiger partial charge < -0.3 is 29.1 Å². The predicted molar refractivity (Wildman–Crippen MR) is 109 cm³/mol. The summed E-state index contributed by atoms with van der Waals surface area (Å²) in [6, 6.07) is 14.0. The van der Waals surface area contributed by atoms with Gasteiger partial charge in [0.2, 0.25) is 5.76 Å². The Morgan fingerprint density at radius 2 is 2.03 bits per heavy atom. The summed E-state index contributed by atoms with van der Waals surface area (Å²) in [5, 5.41) is 14.3. The van der Waals surface area contributed by atoms with Gasteiger partial charge >= 0.3 is 5.97 Å². The Bertz CT molecular complexity index is 957. The molecule has 0 aliphatic heterocycles. The summed E-state index contributed by atoms with van der Waals surface area (Å²) >= 11 is 6.00. The monoisotopic (exact) mass is 419 g/mol. The lowest BCUT2D eigenvalue weighted by Crippen LogP contribution is -2.33. The number of methoxy groups -OCH3 is 1. The molecule has 1 aromatic heterocycles. The molecule has 0 spiro atoms. The third kappa shape index (κ3) is 5.87. The van der Waals surface area contributed by atoms with E-state index in [9.17, 15) is 9.90 Å². The molecule has 2 N–H and O–H groups in total. The molecule has 1 atom stereocenters. The van der Waals surface area contributed by atoms with Crippen molar-refractivity contribution < 1.29 is 28.5 Å². The topological polar surface area (TPSA) is 90.2 Å². The number of esters is 1. The number of fused-ring (bicyclic) bond motifs is 1. The Hall–Kier alpha value is -2.74. The van der Waals surface area contributed by atoms with Crippen molar-refractivity contribution in [1.82, 2.24) is 5.32 Å². The van der Waals surface area contributed by atoms with Crippen LogP contribution in [0.1, 0.15) is 10.6 Å². The molecule has 2 aromatic carbocycles. The Morgan fingerprint density at radius 3 is 2.83 bits per heavy atom. The first kappa shape index (κ1) is 21.0. The summed E-state index contributed by atoms with van der Waals surface area (Å²) in [5.74, 6) is 0.819. The molecule has 7 nitrogen and oxygen atoms in total. The zero-order chi connectivity index (χ0) is 20.6. The van der Waals surface area contributed by atoms with Crippen LogP contribution in [0.5, 0.6) is 11.5 Å². The summed E-state index contributed by atoms with van der Waals surface area (Å²) in [6.45, 7) is 1.44. The maximum atomic E-state index is 11.5. The third-order valence-electron chi connectivity index (χ3n) is 4.07. The van der Waals surface area contributed by atoms with Crippen molar-refractivity contribution in [3.8, 4) is 11.5 Å². The number of carbonyl (C=O) groups is 1. The van der Waals surface area contributed by atoms with Gasteiger partial charge in [0.15, 0.2) is 0 Å². The molecule has 1 heterocycles. The largest absolute Gasteiger partial charge is 0.492 e. The van der Waals surface area contributed by atoms with Gasteiger partial charge in [-0.05, 0) is 36.4 Å². The number of aliphatic hydroxyl groups is 1. The Kier molecular flexibility index (Phi) is 7.35. The molecule has 0 fully saturated rings. The predicted octanol–water partition coefficient (Wildman–Crippen LogP) is 3.28. The van der Waals surface area contributed by atoms with E-state index in [4.69, 9.17) is 25.5 Å². The average Bonchev–Trinajstić information content (AvgIpc) is 3.16. The van der Waals surface area contributed by atoms with Crippen LogP contribution in [-0.4, -0.2) is 50.6 Å². The molecule has 29 heavy (non-hydrogen) atoms. The first-order chi connectivity index (χ1) is 14.1. The van der Waals surface area contributed by atoms with E-state index in [0.717, 1.165) is 5.39 Å². The number of halogens is 1. The highest BCUT2D eigenvalue weighted by Crippen LogP contribution is 2.25. The maximum Gasteiger partial charge on any atom is 0.373 e. The van der Waals surface area contributed by atoms with Crippen molar-refractivity contribution in [3.05, 3.63) is 59.3 Å². The van der Waals surface area contributed by atoms with E-state index < -0.39 is 12.1 Å². The van der Waals surface area contributed by atoms with Crippen molar-refractivity contribution in [2.24, 2.45) is 0 Å². The van der Waals surface area contributed by atoms with Crippen LogP contribution in [0.15, 0.2) is 52.9 Å². The fourth-order valence-corrected chi connectivity index (χ4v) is 2.82. The number of nitrogens with one attached hydrogen (secondary N) is 1. The Morgan fingerprint density at radius 1 is 1.21 bits per heavy atom. The number of hydrogen-bond acceptors (Lipinski definition) is 7. The van der Waals surface area contributed by atoms with Crippen LogP contribution >= 0.6 is 11.6 Å². The minimum absolute atomic E-state index is 0.136. The lowest BCUT2D eigenvalue weighted by molar-refractivity contribution is 0.0567. The van der Waals surface area contributed by atoms with Gasteiger partial charge in [-0.3, -0.25) is 0 Å². The number of benzene rings is 2. The lowest BCUT2D eigenvalue weighted by Gasteiger charge is -2.14. The number of ether oxygens (including phenoxy) is 3. The smallest absolute Gasteiger partial charge is 0.373 e. The SMILES string of the molecule is COC(=O)c1cc2cc(OCCNC[C@H](O)COc3ccccc3Cl)ccc2o1. The standard InChI is InChI=1S/C21H22ClNO6/c1-26-21(25)20-11-14-10-16(6-7-18(14)29-20)27-9-8-23-12-15(24)13-28-19-5-3-2-4-17(19)22/h2-7,10-11,15,23-24H,8-9,12-13H2,1H3/t15-/m0/s1. The van der Waals surface area contributed by atoms with E-state index >= 15 is 0 Å². The summed E-state index contributed by atoms with van der Waals surface area (Å²) in [6.07, 6.45) is -0.676. The van der Waals surface area contributed by atoms with Crippen LogP contribution in [0, 0.1) is 0 Å². The van der Waals surface area contributed by atoms with Crippen molar-refractivity contribution in [3.63, 3.8) is 0 Å². The number of aliphatic hydroxyl groups excluding tert-OH is 1. The van der Waals surface area contributed by atoms with Crippen molar-refractivity contribution in [2.75, 3.05) is 33.4 Å². The van der Waals surface area contributed by atoms with Crippen LogP contribution in [0.25, 0.3) is 11.0 Å². The van der Waals surface area contributed by atoms with Crippen molar-refractivity contribution >= 4 is 28.5 Å². The molecule has 0 aliphatic carbocycles. The van der Waals surface area contributed by atoms with Gasteiger partial charge in [-0.2, -0.15) is 0 Å². The highest BCUT2D eigenvalue weighted by atomic mass is 35.5. The second-order valence-electron chi connectivity index (χ2n) is 6.25. The van der Waals surface area contributed by atoms with E-state index in [2.05, 4.69) is 10.1 Å². The highest BCUT2D eigenvalue weighted by molar-refractivity contribution is 6.32. The molecule has 154 valence electrons. The van der Waals surface area contributed by atoms with Crippen LogP contribution in [0.2, 0.25) is 5.02 Å². The number of rotatable bonds is 10. The molecular weight excluding hydrogens is 398 g/mol. The van der Waals surface area contributed by atoms with E-state index in [1.807, 2.05) is 12.1 Å². The van der Waals surface area contributed by atoms with Crippen LogP contribution < -0.4 is 14.8 Å². The second kappa shape index (κ2) is 10.2. The molecule has 8 heteroatoms. The van der Waals surface area contributed by atoms with Gasteiger partial charge in [0.25, 0.3) is 0 Å². The molecule has 0 saturated heterocycles. The fourth-order valence-electron chi connectivity index (χ4n) is 2.63. The van der Waals surface area contributed by atoms with E-state index in [-0.39, 0.29) is 12.4 Å². The molecule has 0 saturated carbocycles. The lowest BCUT2D eigenvalue weighted by atomic mass is 10.2. The van der Waals surface area contributed by atoms with Gasteiger partial charge in [-0.15, -0.1) is 0 Å². The quantitative estimate of drug-likeness (QED) is 0.385. The van der Waals surface area contributed by atoms with Crippen LogP contribution in [-0.2, 0) is 4.74 Å². The molecule has 0 aliphatic rings. The second-order valence-corrected chi connectivity index (χ2v) is 6.66. The molecular formula is C21H22ClNO6. The van der Waals surface area contributed by atoms with E-state index in [1.165, 1.54) is 7.11 Å².